The first-order chi connectivity index (χ1) is 24.6. The second-order valence-electron chi connectivity index (χ2n) is 12.3. The number of rotatable bonds is 4. The van der Waals surface area contributed by atoms with Crippen molar-refractivity contribution in [3.8, 4) is 0 Å². The molecule has 5 nitrogen and oxygen atoms in total. The van der Waals surface area contributed by atoms with Gasteiger partial charge in [0.25, 0.3) is 0 Å². The van der Waals surface area contributed by atoms with Gasteiger partial charge in [-0.2, -0.15) is 0 Å². The molecule has 0 bridgehead atoms. The molecule has 4 aromatic carbocycles. The average Bonchev–Trinajstić information content (AvgIpc) is 3.19. The van der Waals surface area contributed by atoms with Crippen LogP contribution >= 0.6 is 0 Å². The summed E-state index contributed by atoms with van der Waals surface area (Å²) < 4.78 is 0. The van der Waals surface area contributed by atoms with Gasteiger partial charge in [0.15, 0.2) is 11.6 Å². The van der Waals surface area contributed by atoms with Crippen LogP contribution in [0.3, 0.4) is 0 Å². The van der Waals surface area contributed by atoms with E-state index in [0.717, 1.165) is 16.7 Å². The monoisotopic (exact) mass is 695 g/mol. The average molecular weight is 695 g/mol. The molecule has 4 aromatic rings. The van der Waals surface area contributed by atoms with E-state index in [2.05, 4.69) is 30.5 Å². The van der Waals surface area contributed by atoms with Crippen molar-refractivity contribution in [2.24, 2.45) is 0 Å². The lowest BCUT2D eigenvalue weighted by Gasteiger charge is -2.20. The Balaban J connectivity index is 0.000000584. The summed E-state index contributed by atoms with van der Waals surface area (Å²) in [6.07, 6.45) is 10.0. The quantitative estimate of drug-likeness (QED) is 0.216. The van der Waals surface area contributed by atoms with E-state index >= 15 is 0 Å². The van der Waals surface area contributed by atoms with E-state index in [-0.39, 0.29) is 17.7 Å². The number of piperidine rings is 2. The topological polar surface area (TPSA) is 60.9 Å². The smallest absolute Gasteiger partial charge is 0.159 e. The van der Waals surface area contributed by atoms with Crippen LogP contribution < -0.4 is 0 Å². The van der Waals surface area contributed by atoms with Crippen molar-refractivity contribution in [3.63, 3.8) is 0 Å². The molecular weight excluding hydrogens is 629 g/mol. The molecule has 278 valence electrons. The zero-order valence-corrected chi connectivity index (χ0v) is 32.6. The molecule has 2 saturated heterocycles. The maximum absolute atomic E-state index is 10.6. The Morgan fingerprint density at radius 2 is 0.863 bits per heavy atom. The van der Waals surface area contributed by atoms with E-state index in [1.165, 1.54) is 70.3 Å². The van der Waals surface area contributed by atoms with E-state index in [0.29, 0.717) is 0 Å². The van der Waals surface area contributed by atoms with Crippen LogP contribution in [0.2, 0.25) is 0 Å². The fourth-order valence-corrected chi connectivity index (χ4v) is 4.77. The van der Waals surface area contributed by atoms with Gasteiger partial charge in [-0.05, 0) is 97.9 Å². The van der Waals surface area contributed by atoms with Gasteiger partial charge >= 0.3 is 0 Å². The minimum absolute atomic E-state index is 0.121. The minimum Gasteiger partial charge on any atom is -0.389 e. The normalized spacial score (nSPS) is 13.9. The Morgan fingerprint density at radius 3 is 1.04 bits per heavy atom. The van der Waals surface area contributed by atoms with Crippen molar-refractivity contribution >= 4 is 17.6 Å². The second-order valence-corrected chi connectivity index (χ2v) is 12.3. The summed E-state index contributed by atoms with van der Waals surface area (Å²) in [6, 6.07) is 38.1. The second kappa shape index (κ2) is 31.8. The van der Waals surface area contributed by atoms with Crippen molar-refractivity contribution in [2.75, 3.05) is 40.3 Å². The Bertz CT molecular complexity index is 1300. The summed E-state index contributed by atoms with van der Waals surface area (Å²) in [5.41, 5.74) is 3.69. The molecule has 6 rings (SSSR count). The van der Waals surface area contributed by atoms with Crippen molar-refractivity contribution in [2.45, 2.75) is 79.2 Å². The number of aliphatic hydroxyl groups is 1. The highest BCUT2D eigenvalue weighted by Gasteiger charge is 2.03. The first kappa shape index (κ1) is 46.8. The number of hydrogen-bond donors (Lipinski definition) is 1. The molecule has 0 aliphatic carbocycles. The van der Waals surface area contributed by atoms with E-state index in [4.69, 9.17) is 5.11 Å². The van der Waals surface area contributed by atoms with Crippen LogP contribution in [0.5, 0.6) is 0 Å². The molecule has 5 heteroatoms. The van der Waals surface area contributed by atoms with E-state index in [9.17, 15) is 9.59 Å². The van der Waals surface area contributed by atoms with Gasteiger partial charge in [-0.1, -0.05) is 161 Å². The van der Waals surface area contributed by atoms with Gasteiger partial charge in [-0.25, -0.2) is 0 Å². The van der Waals surface area contributed by atoms with Crippen molar-refractivity contribution < 1.29 is 14.7 Å². The predicted octanol–water partition coefficient (Wildman–Crippen LogP) is 11.1. The molecule has 0 saturated carbocycles. The van der Waals surface area contributed by atoms with E-state index in [1.54, 1.807) is 20.8 Å². The Labute approximate surface area is 311 Å². The molecule has 1 N–H and O–H groups in total. The molecule has 2 aliphatic rings. The summed E-state index contributed by atoms with van der Waals surface area (Å²) in [5.74, 6) is 0.242. The number of benzene rings is 4. The molecule has 2 fully saturated rings. The van der Waals surface area contributed by atoms with Gasteiger partial charge in [0, 0.05) is 11.1 Å². The summed E-state index contributed by atoms with van der Waals surface area (Å²) in [5, 5.41) is 9.02. The van der Waals surface area contributed by atoms with E-state index in [1.807, 2.05) is 141 Å². The zero-order chi connectivity index (χ0) is 38.1. The molecule has 2 aliphatic heterocycles. The third-order valence-corrected chi connectivity index (χ3v) is 7.84. The summed E-state index contributed by atoms with van der Waals surface area (Å²) in [6.45, 7) is 17.8. The van der Waals surface area contributed by atoms with Gasteiger partial charge in [-0.15, -0.1) is 0 Å². The summed E-state index contributed by atoms with van der Waals surface area (Å²) in [4.78, 5) is 26.1. The molecular formula is C46H66N2O3. The lowest BCUT2D eigenvalue weighted by atomic mass is 10.1. The van der Waals surface area contributed by atoms with Crippen LogP contribution in [-0.2, 0) is 0 Å². The number of carbonyl (C=O) groups excluding carboxylic acids is 2. The Hall–Kier alpha value is -4.16. The first-order valence-corrected chi connectivity index (χ1v) is 18.5. The SMILES string of the molecule is C=Cc1ccccc1.CC.CC(=O)c1ccccc1.CC(=O)c1ccccc1.CC(O)c1ccccc1.CN1CCCCC1.CN1CCCCC1. The summed E-state index contributed by atoms with van der Waals surface area (Å²) >= 11 is 0. The zero-order valence-electron chi connectivity index (χ0n) is 32.6. The Kier molecular flexibility index (Phi) is 29.2. The molecule has 2 heterocycles. The standard InChI is InChI=1S/C8H10O.2C8H8O.C8H8.2C6H13N.C2H6/c3*1-7(9)8-5-3-2-4-6-8;1-2-8-6-4-3-5-7-8;2*1-7-5-3-2-4-6-7;1-2/h2-7,9H,1H3;2*2-6H,1H3;2-7H,1H2;2*2-6H2,1H3;1-2H3. The number of ketones is 2. The molecule has 1 unspecified atom stereocenters. The van der Waals surface area contributed by atoms with E-state index < -0.39 is 0 Å². The van der Waals surface area contributed by atoms with Crippen molar-refractivity contribution in [1.82, 2.24) is 9.80 Å². The fraction of sp³-hybridized carbons (Fsp3) is 0.391. The highest BCUT2D eigenvalue weighted by Crippen LogP contribution is 2.09. The number of carbonyl (C=O) groups is 2. The van der Waals surface area contributed by atoms with Crippen LogP contribution in [0, 0.1) is 0 Å². The third kappa shape index (κ3) is 26.3. The third-order valence-electron chi connectivity index (χ3n) is 7.84. The molecule has 0 aromatic heterocycles. The van der Waals surface area contributed by atoms with Crippen LogP contribution in [-0.4, -0.2) is 66.7 Å². The lowest BCUT2D eigenvalue weighted by molar-refractivity contribution is 0.100. The molecule has 0 radical (unpaired) electrons. The number of aliphatic hydroxyl groups excluding tert-OH is 1. The number of likely N-dealkylation sites (tertiary alicyclic amines) is 2. The highest BCUT2D eigenvalue weighted by atomic mass is 16.3. The van der Waals surface area contributed by atoms with Crippen molar-refractivity contribution in [1.29, 1.82) is 0 Å². The molecule has 0 spiro atoms. The number of hydrogen-bond acceptors (Lipinski definition) is 5. The van der Waals surface area contributed by atoms with Crippen LogP contribution in [0.25, 0.3) is 6.08 Å². The maximum Gasteiger partial charge on any atom is 0.159 e. The highest BCUT2D eigenvalue weighted by molar-refractivity contribution is 5.94. The lowest BCUT2D eigenvalue weighted by Crippen LogP contribution is -2.24. The largest absolute Gasteiger partial charge is 0.389 e. The Morgan fingerprint density at radius 1 is 0.569 bits per heavy atom. The van der Waals surface area contributed by atoms with Crippen molar-refractivity contribution in [3.05, 3.63) is 150 Å². The molecule has 0 amide bonds. The first-order valence-electron chi connectivity index (χ1n) is 18.5. The van der Waals surface area contributed by atoms with Gasteiger partial charge in [0.05, 0.1) is 6.10 Å². The minimum atomic E-state index is -0.341. The maximum atomic E-state index is 10.6. The van der Waals surface area contributed by atoms with Gasteiger partial charge < -0.3 is 14.9 Å². The van der Waals surface area contributed by atoms with Gasteiger partial charge in [0.1, 0.15) is 0 Å². The van der Waals surface area contributed by atoms with Gasteiger partial charge in [-0.3, -0.25) is 9.59 Å². The number of Topliss-reactive ketones (excluding diaryl/α,β-unsaturated/α-hetero) is 2. The van der Waals surface area contributed by atoms with Crippen LogP contribution in [0.4, 0.5) is 0 Å². The van der Waals surface area contributed by atoms with Gasteiger partial charge in [0.2, 0.25) is 0 Å². The molecule has 1 atom stereocenters. The molecule has 51 heavy (non-hydrogen) atoms. The predicted molar refractivity (Wildman–Crippen MR) is 221 cm³/mol. The summed E-state index contributed by atoms with van der Waals surface area (Å²) in [7, 11) is 4.39. The number of nitrogens with zero attached hydrogens (tertiary/aromatic N) is 2. The van der Waals surface area contributed by atoms with Crippen LogP contribution in [0.1, 0.15) is 111 Å². The van der Waals surface area contributed by atoms with Crippen LogP contribution in [0.15, 0.2) is 128 Å². The fourth-order valence-electron chi connectivity index (χ4n) is 4.77.